The van der Waals surface area contributed by atoms with E-state index in [2.05, 4.69) is 10.1 Å². The van der Waals surface area contributed by atoms with Gasteiger partial charge in [-0.2, -0.15) is 0 Å². The molecule has 0 aliphatic rings. The quantitative estimate of drug-likeness (QED) is 0.475. The first-order valence-electron chi connectivity index (χ1n) is 8.35. The van der Waals surface area contributed by atoms with Crippen LogP contribution < -0.4 is 0 Å². The van der Waals surface area contributed by atoms with Gasteiger partial charge in [-0.3, -0.25) is 4.79 Å². The Bertz CT molecular complexity index is 1100. The molecule has 2 heterocycles. The molecule has 5 nitrogen and oxygen atoms in total. The number of aromatic nitrogens is 2. The van der Waals surface area contributed by atoms with Crippen molar-refractivity contribution in [1.82, 2.24) is 15.0 Å². The second-order valence-corrected chi connectivity index (χ2v) is 7.70. The molecule has 0 N–H and O–H groups in total. The summed E-state index contributed by atoms with van der Waals surface area (Å²) >= 11 is 7.87. The number of para-hydroxylation sites is 1. The van der Waals surface area contributed by atoms with E-state index in [4.69, 9.17) is 16.1 Å². The molecule has 7 heteroatoms. The second kappa shape index (κ2) is 7.13. The molecule has 4 rings (SSSR count). The number of hydrogen-bond acceptors (Lipinski definition) is 5. The number of fused-ring (bicyclic) bond motifs is 1. The van der Waals surface area contributed by atoms with Gasteiger partial charge in [0.2, 0.25) is 0 Å². The highest BCUT2D eigenvalue weighted by Crippen LogP contribution is 2.32. The average Bonchev–Trinajstić information content (AvgIpc) is 3.24. The van der Waals surface area contributed by atoms with E-state index in [-0.39, 0.29) is 5.91 Å². The molecule has 0 saturated heterocycles. The van der Waals surface area contributed by atoms with E-state index in [9.17, 15) is 4.79 Å². The minimum absolute atomic E-state index is 0.178. The smallest absolute Gasteiger partial charge is 0.259 e. The highest BCUT2D eigenvalue weighted by Gasteiger charge is 2.26. The Labute approximate surface area is 165 Å². The molecule has 0 atom stereocenters. The van der Waals surface area contributed by atoms with E-state index >= 15 is 0 Å². The molecule has 2 aromatic heterocycles. The minimum atomic E-state index is -0.178. The van der Waals surface area contributed by atoms with Crippen LogP contribution in [-0.2, 0) is 6.54 Å². The maximum atomic E-state index is 13.1. The van der Waals surface area contributed by atoms with E-state index < -0.39 is 0 Å². The summed E-state index contributed by atoms with van der Waals surface area (Å²) in [4.78, 5) is 19.3. The summed E-state index contributed by atoms with van der Waals surface area (Å²) in [5.74, 6) is 0.286. The van der Waals surface area contributed by atoms with E-state index in [0.29, 0.717) is 34.1 Å². The topological polar surface area (TPSA) is 59.2 Å². The third-order valence-electron chi connectivity index (χ3n) is 4.26. The fraction of sp³-hybridized carbons (Fsp3) is 0.150. The molecule has 2 aromatic carbocycles. The molecular weight excluding hydrogens is 382 g/mol. The number of carbonyl (C=O) groups excluding carboxylic acids is 1. The van der Waals surface area contributed by atoms with E-state index in [1.54, 1.807) is 36.3 Å². The lowest BCUT2D eigenvalue weighted by molar-refractivity contribution is 0.0784. The number of carbonyl (C=O) groups is 1. The molecule has 0 aliphatic heterocycles. The lowest BCUT2D eigenvalue weighted by Crippen LogP contribution is -2.26. The number of hydrogen-bond donors (Lipinski definition) is 0. The first-order valence-corrected chi connectivity index (χ1v) is 9.55. The van der Waals surface area contributed by atoms with Crippen LogP contribution in [0.5, 0.6) is 0 Å². The molecular formula is C20H16ClN3O2S. The molecule has 0 aliphatic carbocycles. The molecule has 0 fully saturated rings. The van der Waals surface area contributed by atoms with Gasteiger partial charge in [-0.25, -0.2) is 4.98 Å². The largest absolute Gasteiger partial charge is 0.360 e. The molecule has 27 heavy (non-hydrogen) atoms. The van der Waals surface area contributed by atoms with Crippen LogP contribution in [-0.4, -0.2) is 28.0 Å². The van der Waals surface area contributed by atoms with Gasteiger partial charge >= 0.3 is 0 Å². The van der Waals surface area contributed by atoms with Gasteiger partial charge < -0.3 is 9.42 Å². The number of thiazole rings is 1. The first kappa shape index (κ1) is 17.7. The molecule has 0 bridgehead atoms. The van der Waals surface area contributed by atoms with Crippen molar-refractivity contribution >= 4 is 39.1 Å². The van der Waals surface area contributed by atoms with Crippen LogP contribution in [0.25, 0.3) is 21.5 Å². The van der Waals surface area contributed by atoms with Crippen molar-refractivity contribution in [2.24, 2.45) is 0 Å². The summed E-state index contributed by atoms with van der Waals surface area (Å²) in [6.07, 6.45) is 0. The molecule has 136 valence electrons. The van der Waals surface area contributed by atoms with Crippen LogP contribution in [0.15, 0.2) is 53.1 Å². The van der Waals surface area contributed by atoms with Crippen LogP contribution in [0.1, 0.15) is 21.1 Å². The Hall–Kier alpha value is -2.70. The molecule has 0 saturated carbocycles. The van der Waals surface area contributed by atoms with Gasteiger partial charge in [-0.1, -0.05) is 47.1 Å². The van der Waals surface area contributed by atoms with Crippen molar-refractivity contribution in [1.29, 1.82) is 0 Å². The Kier molecular flexibility index (Phi) is 4.68. The summed E-state index contributed by atoms with van der Waals surface area (Å²) in [5.41, 5.74) is 2.50. The summed E-state index contributed by atoms with van der Waals surface area (Å²) in [6, 6.07) is 15.2. The molecule has 0 spiro atoms. The fourth-order valence-electron chi connectivity index (χ4n) is 2.91. The summed E-state index contributed by atoms with van der Waals surface area (Å²) < 4.78 is 6.41. The lowest BCUT2D eigenvalue weighted by atomic mass is 10.1. The van der Waals surface area contributed by atoms with Crippen molar-refractivity contribution in [3.05, 3.63) is 69.9 Å². The van der Waals surface area contributed by atoms with Gasteiger partial charge in [0.05, 0.1) is 21.8 Å². The molecule has 0 unspecified atom stereocenters. The number of rotatable bonds is 4. The third kappa shape index (κ3) is 3.34. The monoisotopic (exact) mass is 397 g/mol. The lowest BCUT2D eigenvalue weighted by Gasteiger charge is -2.16. The normalized spacial score (nSPS) is 11.1. The van der Waals surface area contributed by atoms with Gasteiger partial charge in [0.25, 0.3) is 5.91 Å². The van der Waals surface area contributed by atoms with Crippen LogP contribution in [0.2, 0.25) is 5.02 Å². The SMILES string of the molecule is Cc1onc(-c2ccccc2Cl)c1C(=O)N(C)Cc1nc2ccccc2s1. The fourth-order valence-corrected chi connectivity index (χ4v) is 4.16. The van der Waals surface area contributed by atoms with Gasteiger partial charge in [0.1, 0.15) is 22.0 Å². The van der Waals surface area contributed by atoms with Gasteiger partial charge in [0, 0.05) is 12.6 Å². The Morgan fingerprint density at radius 1 is 1.19 bits per heavy atom. The molecule has 4 aromatic rings. The van der Waals surface area contributed by atoms with Gasteiger partial charge in [0.15, 0.2) is 0 Å². The predicted octanol–water partition coefficient (Wildman–Crippen LogP) is 5.19. The number of aryl methyl sites for hydroxylation is 1. The Balaban J connectivity index is 1.64. The van der Waals surface area contributed by atoms with Crippen LogP contribution in [0.4, 0.5) is 0 Å². The van der Waals surface area contributed by atoms with Crippen molar-refractivity contribution < 1.29 is 9.32 Å². The molecule has 0 radical (unpaired) electrons. The van der Waals surface area contributed by atoms with E-state index in [1.165, 1.54) is 0 Å². The number of amides is 1. The maximum absolute atomic E-state index is 13.1. The Morgan fingerprint density at radius 2 is 1.93 bits per heavy atom. The highest BCUT2D eigenvalue weighted by molar-refractivity contribution is 7.18. The number of nitrogens with zero attached hydrogens (tertiary/aromatic N) is 3. The van der Waals surface area contributed by atoms with Crippen molar-refractivity contribution in [2.45, 2.75) is 13.5 Å². The second-order valence-electron chi connectivity index (χ2n) is 6.18. The van der Waals surface area contributed by atoms with Crippen LogP contribution in [0.3, 0.4) is 0 Å². The average molecular weight is 398 g/mol. The number of benzene rings is 2. The molecule has 1 amide bonds. The summed E-state index contributed by atoms with van der Waals surface area (Å²) in [5, 5.41) is 5.47. The standard InChI is InChI=1S/C20H16ClN3O2S/c1-12-18(19(23-26-12)13-7-3-4-8-14(13)21)20(25)24(2)11-17-22-15-9-5-6-10-16(15)27-17/h3-10H,11H2,1-2H3. The zero-order valence-electron chi connectivity index (χ0n) is 14.8. The summed E-state index contributed by atoms with van der Waals surface area (Å²) in [6.45, 7) is 2.14. The van der Waals surface area contributed by atoms with Crippen molar-refractivity contribution in [3.63, 3.8) is 0 Å². The zero-order chi connectivity index (χ0) is 19.0. The Morgan fingerprint density at radius 3 is 2.70 bits per heavy atom. The first-order chi connectivity index (χ1) is 13.0. The maximum Gasteiger partial charge on any atom is 0.259 e. The van der Waals surface area contributed by atoms with Crippen molar-refractivity contribution in [2.75, 3.05) is 7.05 Å². The minimum Gasteiger partial charge on any atom is -0.360 e. The van der Waals surface area contributed by atoms with Gasteiger partial charge in [-0.05, 0) is 25.1 Å². The number of halogens is 1. The van der Waals surface area contributed by atoms with E-state index in [0.717, 1.165) is 15.2 Å². The van der Waals surface area contributed by atoms with Crippen LogP contribution >= 0.6 is 22.9 Å². The highest BCUT2D eigenvalue weighted by atomic mass is 35.5. The van der Waals surface area contributed by atoms with Crippen LogP contribution in [0, 0.1) is 6.92 Å². The third-order valence-corrected chi connectivity index (χ3v) is 5.61. The zero-order valence-corrected chi connectivity index (χ0v) is 16.3. The van der Waals surface area contributed by atoms with Crippen molar-refractivity contribution in [3.8, 4) is 11.3 Å². The predicted molar refractivity (Wildman–Crippen MR) is 107 cm³/mol. The van der Waals surface area contributed by atoms with Gasteiger partial charge in [-0.15, -0.1) is 11.3 Å². The van der Waals surface area contributed by atoms with E-state index in [1.807, 2.05) is 42.5 Å². The summed E-state index contributed by atoms with van der Waals surface area (Å²) in [7, 11) is 1.75.